The number of aryl methyl sites for hydroxylation is 1. The van der Waals surface area contributed by atoms with Gasteiger partial charge in [0.05, 0.1) is 24.9 Å². The van der Waals surface area contributed by atoms with Crippen molar-refractivity contribution in [3.05, 3.63) is 32.6 Å². The lowest BCUT2D eigenvalue weighted by molar-refractivity contribution is -0.235. The highest BCUT2D eigenvalue weighted by molar-refractivity contribution is 7.61. The summed E-state index contributed by atoms with van der Waals surface area (Å²) in [7, 11) is -10.6. The maximum Gasteiger partial charge on any atom is 0.483 e. The number of phosphoric ester groups is 2. The lowest BCUT2D eigenvalue weighted by atomic mass is 10.0. The molecule has 0 aliphatic carbocycles. The van der Waals surface area contributed by atoms with Crippen LogP contribution in [0.2, 0.25) is 0 Å². The minimum Gasteiger partial charge on any atom is -0.390 e. The van der Waals surface area contributed by atoms with Crippen LogP contribution in [0.5, 0.6) is 0 Å². The Morgan fingerprint density at radius 1 is 1.12 bits per heavy atom. The van der Waals surface area contributed by atoms with Gasteiger partial charge in [0.1, 0.15) is 18.4 Å². The Hall–Kier alpha value is -1.26. The van der Waals surface area contributed by atoms with Gasteiger partial charge in [0, 0.05) is 24.6 Å². The quantitative estimate of drug-likeness (QED) is 0.211. The third-order valence-corrected chi connectivity index (χ3v) is 7.72. The highest BCUT2D eigenvalue weighted by Crippen LogP contribution is 2.61. The zero-order chi connectivity index (χ0) is 25.4. The monoisotopic (exact) mass is 532 g/mol. The molecule has 3 rings (SSSR count). The predicted octanol–water partition coefficient (Wildman–Crippen LogP) is -1.40. The first-order chi connectivity index (χ1) is 15.7. The molecule has 0 aromatic carbocycles. The average Bonchev–Trinajstić information content (AvgIpc) is 3.06. The fraction of sp³-hybridized carbons (Fsp3) is 0.750. The average molecular weight is 532 g/mol. The summed E-state index contributed by atoms with van der Waals surface area (Å²) >= 11 is 0. The van der Waals surface area contributed by atoms with Crippen molar-refractivity contribution >= 4 is 15.6 Å². The van der Waals surface area contributed by atoms with E-state index in [0.29, 0.717) is 0 Å². The molecule has 2 fully saturated rings. The van der Waals surface area contributed by atoms with Gasteiger partial charge in [-0.25, -0.2) is 13.9 Å². The van der Waals surface area contributed by atoms with Crippen molar-refractivity contribution in [3.63, 3.8) is 0 Å². The minimum atomic E-state index is -5.34. The van der Waals surface area contributed by atoms with Crippen LogP contribution in [0.1, 0.15) is 31.6 Å². The number of aromatic nitrogens is 2. The Labute approximate surface area is 191 Å². The third kappa shape index (κ3) is 6.69. The lowest BCUT2D eigenvalue weighted by Crippen LogP contribution is -2.48. The largest absolute Gasteiger partial charge is 0.483 e. The van der Waals surface area contributed by atoms with Gasteiger partial charge in [-0.1, -0.05) is 0 Å². The summed E-state index contributed by atoms with van der Waals surface area (Å²) in [6, 6.07) is 0. The molecule has 0 amide bonds. The van der Waals surface area contributed by atoms with E-state index in [9.17, 15) is 43.8 Å². The van der Waals surface area contributed by atoms with E-state index < -0.39 is 76.5 Å². The van der Waals surface area contributed by atoms with Crippen LogP contribution in [0.15, 0.2) is 15.8 Å². The van der Waals surface area contributed by atoms with Gasteiger partial charge >= 0.3 is 21.3 Å². The van der Waals surface area contributed by atoms with Gasteiger partial charge in [-0.05, 0) is 13.8 Å². The Kier molecular flexibility index (Phi) is 8.35. The number of phosphoric acid groups is 2. The van der Waals surface area contributed by atoms with Crippen molar-refractivity contribution in [1.29, 1.82) is 0 Å². The molecule has 3 heterocycles. The van der Waals surface area contributed by atoms with E-state index in [-0.39, 0.29) is 18.4 Å². The number of hydrogen-bond donors (Lipinski definition) is 6. The van der Waals surface area contributed by atoms with E-state index in [1.54, 1.807) is 0 Å². The van der Waals surface area contributed by atoms with Crippen LogP contribution in [0.4, 0.5) is 0 Å². The van der Waals surface area contributed by atoms with Crippen LogP contribution < -0.4 is 11.2 Å². The second-order valence-electron chi connectivity index (χ2n) is 7.94. The highest BCUT2D eigenvalue weighted by atomic mass is 31.3. The molecule has 1 aromatic rings. The zero-order valence-electron chi connectivity index (χ0n) is 18.0. The maximum absolute atomic E-state index is 12.1. The normalized spacial score (nSPS) is 35.6. The molecule has 1 aromatic heterocycles. The Morgan fingerprint density at radius 3 is 2.47 bits per heavy atom. The second-order valence-corrected chi connectivity index (χ2v) is 10.9. The molecule has 6 N–H and O–H groups in total. The summed E-state index contributed by atoms with van der Waals surface area (Å²) < 4.78 is 49.2. The molecule has 18 heteroatoms. The number of aliphatic hydroxyl groups is 3. The lowest BCUT2D eigenvalue weighted by Gasteiger charge is -2.35. The Morgan fingerprint density at radius 2 is 1.79 bits per heavy atom. The van der Waals surface area contributed by atoms with Gasteiger partial charge in [0.25, 0.3) is 5.56 Å². The minimum absolute atomic E-state index is 0.0225. The molecular formula is C16H26N2O14P2. The first-order valence-corrected chi connectivity index (χ1v) is 13.0. The molecule has 2 saturated heterocycles. The Balaban J connectivity index is 1.58. The van der Waals surface area contributed by atoms with Crippen molar-refractivity contribution in [2.24, 2.45) is 0 Å². The molecule has 194 valence electrons. The zero-order valence-corrected chi connectivity index (χ0v) is 19.8. The first-order valence-electron chi connectivity index (χ1n) is 10.0. The molecule has 2 aliphatic rings. The SMILES string of the molecule is Cc1cn([C@H]2C[C@@H](O)[C@@H](COP(=O)(O)OP(=O)(O)O[C@H]3OC(C)CC(O)C3O)O2)c(=O)[nH]c1=O. The number of hydrogen-bond acceptors (Lipinski definition) is 12. The van der Waals surface area contributed by atoms with Crippen LogP contribution in [0.25, 0.3) is 0 Å². The number of aromatic amines is 1. The molecular weight excluding hydrogens is 506 g/mol. The van der Waals surface area contributed by atoms with E-state index >= 15 is 0 Å². The van der Waals surface area contributed by atoms with E-state index in [4.69, 9.17) is 9.47 Å². The molecule has 0 bridgehead atoms. The Bertz CT molecular complexity index is 1090. The van der Waals surface area contributed by atoms with Crippen molar-refractivity contribution in [1.82, 2.24) is 9.55 Å². The number of aliphatic hydroxyl groups excluding tert-OH is 3. The molecule has 16 nitrogen and oxygen atoms in total. The summed E-state index contributed by atoms with van der Waals surface area (Å²) in [5.41, 5.74) is -1.18. The van der Waals surface area contributed by atoms with Gasteiger partial charge in [-0.3, -0.25) is 23.4 Å². The van der Waals surface area contributed by atoms with E-state index in [1.165, 1.54) is 20.0 Å². The molecule has 0 saturated carbocycles. The van der Waals surface area contributed by atoms with Crippen molar-refractivity contribution < 1.29 is 57.1 Å². The fourth-order valence-electron chi connectivity index (χ4n) is 3.42. The van der Waals surface area contributed by atoms with Crippen molar-refractivity contribution in [2.45, 2.75) is 69.7 Å². The molecule has 0 radical (unpaired) electrons. The number of ether oxygens (including phenoxy) is 2. The van der Waals surface area contributed by atoms with Gasteiger partial charge in [-0.2, -0.15) is 4.31 Å². The summed E-state index contributed by atoms with van der Waals surface area (Å²) in [4.78, 5) is 45.2. The van der Waals surface area contributed by atoms with Crippen LogP contribution in [0.3, 0.4) is 0 Å². The van der Waals surface area contributed by atoms with Gasteiger partial charge in [0.15, 0.2) is 6.29 Å². The standard InChI is InChI=1S/C16H26N2O14P2/c1-7-5-18(16(23)17-14(7)22)12-4-9(19)11(30-12)6-28-33(24,25)32-34(26,27)31-15-13(21)10(20)3-8(2)29-15/h5,8-13,15,19-21H,3-4,6H2,1-2H3,(H,24,25)(H,26,27)(H,17,22,23)/t8?,9-,10?,11-,12-,13?,15-/m1/s1. The molecule has 2 aliphatic heterocycles. The maximum atomic E-state index is 12.1. The molecule has 9 atom stereocenters. The second kappa shape index (κ2) is 10.4. The van der Waals surface area contributed by atoms with Crippen LogP contribution >= 0.6 is 15.6 Å². The number of H-pyrrole nitrogens is 1. The molecule has 34 heavy (non-hydrogen) atoms. The van der Waals surface area contributed by atoms with Crippen LogP contribution in [-0.2, 0) is 32.0 Å². The van der Waals surface area contributed by atoms with E-state index in [1.807, 2.05) is 0 Å². The van der Waals surface area contributed by atoms with Gasteiger partial charge in [-0.15, -0.1) is 0 Å². The van der Waals surface area contributed by atoms with E-state index in [2.05, 4.69) is 18.3 Å². The highest BCUT2D eigenvalue weighted by Gasteiger charge is 2.45. The summed E-state index contributed by atoms with van der Waals surface area (Å²) in [5.74, 6) is 0. The third-order valence-electron chi connectivity index (χ3n) is 5.12. The summed E-state index contributed by atoms with van der Waals surface area (Å²) in [6.07, 6.45) is -7.97. The fourth-order valence-corrected chi connectivity index (χ4v) is 5.58. The van der Waals surface area contributed by atoms with Crippen molar-refractivity contribution in [2.75, 3.05) is 6.61 Å². The number of rotatable bonds is 8. The summed E-state index contributed by atoms with van der Waals surface area (Å²) in [5, 5.41) is 29.7. The number of nitrogens with one attached hydrogen (secondary N) is 1. The van der Waals surface area contributed by atoms with Crippen molar-refractivity contribution in [3.8, 4) is 0 Å². The topological polar surface area (TPSA) is 236 Å². The van der Waals surface area contributed by atoms with Gasteiger partial charge in [0.2, 0.25) is 0 Å². The molecule has 0 spiro atoms. The smallest absolute Gasteiger partial charge is 0.390 e. The van der Waals surface area contributed by atoms with E-state index in [0.717, 1.165) is 4.57 Å². The van der Waals surface area contributed by atoms with Gasteiger partial charge < -0.3 is 34.6 Å². The molecule has 5 unspecified atom stereocenters. The van der Waals surface area contributed by atoms with Crippen LogP contribution in [0, 0.1) is 6.92 Å². The summed E-state index contributed by atoms with van der Waals surface area (Å²) in [6.45, 7) is 2.16. The first kappa shape index (κ1) is 27.3. The number of nitrogens with zero attached hydrogens (tertiary/aromatic N) is 1. The van der Waals surface area contributed by atoms with Crippen LogP contribution in [-0.4, -0.2) is 78.1 Å². The predicted molar refractivity (Wildman–Crippen MR) is 109 cm³/mol.